The third-order valence-corrected chi connectivity index (χ3v) is 13.0. The summed E-state index contributed by atoms with van der Waals surface area (Å²) in [6.45, 7) is 9.76. The fourth-order valence-corrected chi connectivity index (χ4v) is 9.72. The molecule has 1 saturated carbocycles. The van der Waals surface area contributed by atoms with Crippen molar-refractivity contribution in [3.05, 3.63) is 83.6 Å². The highest BCUT2D eigenvalue weighted by atomic mass is 16.3. The lowest BCUT2D eigenvalue weighted by Gasteiger charge is -2.46. The molecule has 3 amide bonds. The van der Waals surface area contributed by atoms with E-state index in [9.17, 15) is 24.8 Å². The Morgan fingerprint density at radius 3 is 2.25 bits per heavy atom. The second-order valence-electron chi connectivity index (χ2n) is 17.2. The number of aliphatic hydroxyl groups is 1. The van der Waals surface area contributed by atoms with Gasteiger partial charge in [0, 0.05) is 80.6 Å². The molecule has 3 aliphatic heterocycles. The van der Waals surface area contributed by atoms with Crippen LogP contribution in [0.2, 0.25) is 0 Å². The molecule has 3 N–H and O–H groups in total. The summed E-state index contributed by atoms with van der Waals surface area (Å²) in [4.78, 5) is 49.8. The van der Waals surface area contributed by atoms with E-state index in [-0.39, 0.29) is 29.7 Å². The molecule has 4 aromatic heterocycles. The van der Waals surface area contributed by atoms with Crippen LogP contribution in [0, 0.1) is 11.3 Å². The topological polar surface area (TPSA) is 177 Å². The van der Waals surface area contributed by atoms with Gasteiger partial charge in [0.15, 0.2) is 0 Å². The second-order valence-corrected chi connectivity index (χ2v) is 17.2. The Bertz CT molecular complexity index is 2420. The van der Waals surface area contributed by atoms with Crippen molar-refractivity contribution in [1.29, 1.82) is 5.26 Å². The Hall–Kier alpha value is -5.69. The summed E-state index contributed by atoms with van der Waals surface area (Å²) in [5, 5.41) is 36.0. The van der Waals surface area contributed by atoms with Gasteiger partial charge in [0.2, 0.25) is 11.8 Å². The van der Waals surface area contributed by atoms with E-state index in [2.05, 4.69) is 58.4 Å². The average molecular weight is 798 g/mol. The molecule has 1 aliphatic carbocycles. The quantitative estimate of drug-likeness (QED) is 0.185. The Labute approximate surface area is 343 Å². The number of hydrogen-bond acceptors (Lipinski definition) is 11. The minimum atomic E-state index is -1.23. The first-order chi connectivity index (χ1) is 28.5. The lowest BCUT2D eigenvalue weighted by Crippen LogP contribution is -2.55. The molecule has 15 heteroatoms. The summed E-state index contributed by atoms with van der Waals surface area (Å²) in [5.41, 5.74) is 3.86. The van der Waals surface area contributed by atoms with Gasteiger partial charge < -0.3 is 15.3 Å². The first kappa shape index (κ1) is 38.8. The van der Waals surface area contributed by atoms with Crippen molar-refractivity contribution < 1.29 is 19.5 Å². The number of carbonyl (C=O) groups excluding carboxylic acids is 3. The van der Waals surface area contributed by atoms with Crippen molar-refractivity contribution >= 4 is 45.5 Å². The molecule has 4 fully saturated rings. The van der Waals surface area contributed by atoms with Gasteiger partial charge in [-0.05, 0) is 101 Å². The summed E-state index contributed by atoms with van der Waals surface area (Å²) in [6.07, 6.45) is 12.8. The Balaban J connectivity index is 0.770. The van der Waals surface area contributed by atoms with E-state index in [4.69, 9.17) is 5.10 Å². The van der Waals surface area contributed by atoms with E-state index in [1.54, 1.807) is 32.0 Å². The number of hydrogen-bond donors (Lipinski definition) is 3. The van der Waals surface area contributed by atoms with Crippen LogP contribution >= 0.6 is 0 Å². The Morgan fingerprint density at radius 2 is 1.59 bits per heavy atom. The van der Waals surface area contributed by atoms with E-state index in [0.717, 1.165) is 100 Å². The van der Waals surface area contributed by atoms with Crippen LogP contribution < -0.4 is 15.5 Å². The molecule has 59 heavy (non-hydrogen) atoms. The number of nitrogens with one attached hydrogen (secondary N) is 2. The van der Waals surface area contributed by atoms with E-state index in [1.807, 2.05) is 24.4 Å². The van der Waals surface area contributed by atoms with Gasteiger partial charge in [0.1, 0.15) is 11.8 Å². The Morgan fingerprint density at radius 1 is 0.881 bits per heavy atom. The molecule has 1 aromatic carbocycles. The van der Waals surface area contributed by atoms with Gasteiger partial charge >= 0.3 is 0 Å². The van der Waals surface area contributed by atoms with Gasteiger partial charge in [0.05, 0.1) is 57.9 Å². The van der Waals surface area contributed by atoms with E-state index >= 15 is 0 Å². The first-order valence-electron chi connectivity index (χ1n) is 21.0. The zero-order valence-electron chi connectivity index (χ0n) is 33.7. The summed E-state index contributed by atoms with van der Waals surface area (Å²) in [5.74, 6) is -1.18. The molecule has 306 valence electrons. The van der Waals surface area contributed by atoms with Crippen LogP contribution in [0.5, 0.6) is 0 Å². The van der Waals surface area contributed by atoms with Gasteiger partial charge in [-0.1, -0.05) is 0 Å². The minimum Gasteiger partial charge on any atom is -0.386 e. The van der Waals surface area contributed by atoms with Crippen LogP contribution in [-0.2, 0) is 15.2 Å². The van der Waals surface area contributed by atoms with Gasteiger partial charge in [-0.3, -0.25) is 39.2 Å². The van der Waals surface area contributed by atoms with Gasteiger partial charge in [0.25, 0.3) is 5.91 Å². The minimum absolute atomic E-state index is 0.207. The fourth-order valence-electron chi connectivity index (χ4n) is 9.72. The number of fused-ring (bicyclic) bond motifs is 2. The smallest absolute Gasteiger partial charge is 0.274 e. The zero-order valence-corrected chi connectivity index (χ0v) is 33.7. The van der Waals surface area contributed by atoms with Crippen LogP contribution in [0.25, 0.3) is 16.4 Å². The van der Waals surface area contributed by atoms with Crippen molar-refractivity contribution in [2.24, 2.45) is 0 Å². The average Bonchev–Trinajstić information content (AvgIpc) is 3.87. The van der Waals surface area contributed by atoms with Crippen molar-refractivity contribution in [3.63, 3.8) is 0 Å². The van der Waals surface area contributed by atoms with Crippen molar-refractivity contribution in [3.8, 4) is 6.07 Å². The molecule has 4 aliphatic rings. The molecular formula is C44H51N11O4. The van der Waals surface area contributed by atoms with Crippen molar-refractivity contribution in [2.75, 3.05) is 49.5 Å². The summed E-state index contributed by atoms with van der Waals surface area (Å²) in [6, 6.07) is 16.4. The predicted octanol–water partition coefficient (Wildman–Crippen LogP) is 4.72. The highest BCUT2D eigenvalue weighted by Gasteiger charge is 2.34. The summed E-state index contributed by atoms with van der Waals surface area (Å²) < 4.78 is 3.59. The Kier molecular flexibility index (Phi) is 10.4. The maximum Gasteiger partial charge on any atom is 0.274 e. The first-order valence-corrected chi connectivity index (χ1v) is 21.0. The van der Waals surface area contributed by atoms with E-state index in [1.165, 1.54) is 10.7 Å². The highest BCUT2D eigenvalue weighted by Crippen LogP contribution is 2.36. The molecule has 9 rings (SSSR count). The molecule has 15 nitrogen and oxygen atoms in total. The number of aromatic nitrogens is 5. The molecule has 0 radical (unpaired) electrons. The third kappa shape index (κ3) is 7.92. The molecule has 5 aromatic rings. The maximum atomic E-state index is 13.5. The number of pyridine rings is 1. The van der Waals surface area contributed by atoms with Crippen LogP contribution in [0.4, 0.5) is 11.4 Å². The lowest BCUT2D eigenvalue weighted by molar-refractivity contribution is -0.134. The summed E-state index contributed by atoms with van der Waals surface area (Å²) in [7, 11) is 0. The number of imide groups is 1. The fraction of sp³-hybridized carbons (Fsp3) is 0.477. The molecule has 7 heterocycles. The molecule has 0 bridgehead atoms. The van der Waals surface area contributed by atoms with Crippen LogP contribution in [0.3, 0.4) is 0 Å². The SMILES string of the molecule is CC(C)(O)c1cc2nn([C@H]3CC[C@H](N4CCN(C5CCN(c6ccc(C7CCC(=O)NC7=O)nc6)CC5)CC4)CC3)cc2cc1NC(=O)c1ccc2cc(C#N)cnn12. The molecule has 0 spiro atoms. The number of nitriles is 1. The maximum absolute atomic E-state index is 13.5. The van der Waals surface area contributed by atoms with Crippen LogP contribution in [0.1, 0.15) is 104 Å². The normalized spacial score (nSPS) is 22.7. The van der Waals surface area contributed by atoms with Crippen LogP contribution in [-0.4, -0.2) is 108 Å². The number of carbonyl (C=O) groups is 3. The summed E-state index contributed by atoms with van der Waals surface area (Å²) >= 11 is 0. The van der Waals surface area contributed by atoms with E-state index < -0.39 is 5.60 Å². The second kappa shape index (κ2) is 15.8. The largest absolute Gasteiger partial charge is 0.386 e. The van der Waals surface area contributed by atoms with Gasteiger partial charge in [-0.25, -0.2) is 4.52 Å². The number of rotatable bonds is 8. The highest BCUT2D eigenvalue weighted by molar-refractivity contribution is 6.05. The number of anilines is 2. The third-order valence-electron chi connectivity index (χ3n) is 13.0. The number of piperidine rings is 2. The molecule has 1 atom stereocenters. The standard InChI is InChI=1S/C44H51N11O4/c1-44(2,59)36-23-38-29(22-39(36)48-43(58)40-11-8-33-21-28(24-45)25-47-55(33)40)27-54(50-38)32-5-3-30(4-6-32)52-17-19-53(20-18-52)31-13-15-51(16-14-31)34-7-10-37(46-26-34)35-9-12-41(56)49-42(35)57/h7-8,10-11,21-23,25-27,30-32,35,59H,3-6,9,12-20H2,1-2H3,(H,48,58)(H,49,56,57)/t30-,32-,35?. The monoisotopic (exact) mass is 797 g/mol. The van der Waals surface area contributed by atoms with Crippen molar-refractivity contribution in [1.82, 2.24) is 39.5 Å². The lowest BCUT2D eigenvalue weighted by atomic mass is 9.89. The molecular weight excluding hydrogens is 747 g/mol. The van der Waals surface area contributed by atoms with Crippen molar-refractivity contribution in [2.45, 2.75) is 94.9 Å². The number of piperazine rings is 1. The van der Waals surface area contributed by atoms with Gasteiger partial charge in [-0.15, -0.1) is 0 Å². The van der Waals surface area contributed by atoms with Crippen LogP contribution in [0.15, 0.2) is 61.1 Å². The molecule has 1 unspecified atom stereocenters. The number of amides is 3. The zero-order chi connectivity index (χ0) is 40.8. The van der Waals surface area contributed by atoms with Gasteiger partial charge in [-0.2, -0.15) is 15.5 Å². The molecule has 3 saturated heterocycles. The number of benzene rings is 1. The number of nitrogens with zero attached hydrogens (tertiary/aromatic N) is 9. The van der Waals surface area contributed by atoms with E-state index in [0.29, 0.717) is 53.0 Å². The predicted molar refractivity (Wildman–Crippen MR) is 222 cm³/mol.